The lowest BCUT2D eigenvalue weighted by Crippen LogP contribution is -2.29. The van der Waals surface area contributed by atoms with Crippen LogP contribution in [0.5, 0.6) is 0 Å². The number of amides is 2. The van der Waals surface area contributed by atoms with Gasteiger partial charge in [0.05, 0.1) is 16.3 Å². The van der Waals surface area contributed by atoms with Crippen molar-refractivity contribution in [2.75, 3.05) is 11.6 Å². The molecule has 1 aromatic heterocycles. The summed E-state index contributed by atoms with van der Waals surface area (Å²) in [6.45, 7) is 0. The molecule has 0 bridgehead atoms. The highest BCUT2D eigenvalue weighted by Crippen LogP contribution is 2.32. The number of carbonyl (C=O) groups is 2. The van der Waals surface area contributed by atoms with Gasteiger partial charge in [0.2, 0.25) is 10.0 Å². The molecule has 0 aliphatic heterocycles. The minimum absolute atomic E-state index is 0.148. The highest BCUT2D eigenvalue weighted by Gasteiger charge is 2.17. The summed E-state index contributed by atoms with van der Waals surface area (Å²) >= 11 is 12.2. The van der Waals surface area contributed by atoms with Crippen molar-refractivity contribution in [3.63, 3.8) is 0 Å². The molecular formula is C18H15Cl2N3O4S. The SMILES string of the molecule is Cn1c(C(=O)Nc2ccc(C(=O)NS(C)(=O)=O)cc2)cc2c(Cl)c(Cl)ccc21. The molecule has 1 heterocycles. The van der Waals surface area contributed by atoms with Gasteiger partial charge in [0.25, 0.3) is 11.8 Å². The normalized spacial score (nSPS) is 11.4. The fraction of sp³-hybridized carbons (Fsp3) is 0.111. The number of hydrogen-bond acceptors (Lipinski definition) is 4. The zero-order chi connectivity index (χ0) is 20.6. The van der Waals surface area contributed by atoms with E-state index in [1.807, 2.05) is 4.72 Å². The summed E-state index contributed by atoms with van der Waals surface area (Å²) in [5.41, 5.74) is 1.72. The van der Waals surface area contributed by atoms with Crippen molar-refractivity contribution in [2.24, 2.45) is 7.05 Å². The molecule has 10 heteroatoms. The van der Waals surface area contributed by atoms with E-state index in [0.29, 0.717) is 26.8 Å². The van der Waals surface area contributed by atoms with Gasteiger partial charge in [0.1, 0.15) is 5.69 Å². The fourth-order valence-corrected chi connectivity index (χ4v) is 3.53. The number of halogens is 2. The van der Waals surface area contributed by atoms with E-state index in [1.165, 1.54) is 24.3 Å². The van der Waals surface area contributed by atoms with Crippen LogP contribution < -0.4 is 10.0 Å². The number of benzene rings is 2. The number of sulfonamides is 1. The average Bonchev–Trinajstić information content (AvgIpc) is 2.95. The summed E-state index contributed by atoms with van der Waals surface area (Å²) in [7, 11) is -1.92. The number of anilines is 1. The van der Waals surface area contributed by atoms with Gasteiger partial charge >= 0.3 is 0 Å². The number of hydrogen-bond donors (Lipinski definition) is 2. The van der Waals surface area contributed by atoms with Crippen molar-refractivity contribution in [1.82, 2.24) is 9.29 Å². The fourth-order valence-electron chi connectivity index (χ4n) is 2.69. The Balaban J connectivity index is 1.82. The number of nitrogens with one attached hydrogen (secondary N) is 2. The van der Waals surface area contributed by atoms with Crippen molar-refractivity contribution in [2.45, 2.75) is 0 Å². The van der Waals surface area contributed by atoms with E-state index < -0.39 is 15.9 Å². The monoisotopic (exact) mass is 439 g/mol. The Morgan fingerprint density at radius 3 is 2.25 bits per heavy atom. The van der Waals surface area contributed by atoms with Crippen LogP contribution in [0.3, 0.4) is 0 Å². The highest BCUT2D eigenvalue weighted by molar-refractivity contribution is 7.89. The van der Waals surface area contributed by atoms with E-state index in [0.717, 1.165) is 11.8 Å². The minimum Gasteiger partial charge on any atom is -0.340 e. The van der Waals surface area contributed by atoms with Gasteiger partial charge in [-0.1, -0.05) is 23.2 Å². The summed E-state index contributed by atoms with van der Waals surface area (Å²) in [6, 6.07) is 10.9. The second-order valence-electron chi connectivity index (χ2n) is 6.12. The first-order chi connectivity index (χ1) is 13.1. The summed E-state index contributed by atoms with van der Waals surface area (Å²) in [4.78, 5) is 24.5. The van der Waals surface area contributed by atoms with Crippen LogP contribution in [-0.2, 0) is 17.1 Å². The Morgan fingerprint density at radius 1 is 1.00 bits per heavy atom. The number of aromatic nitrogens is 1. The van der Waals surface area contributed by atoms with Gasteiger partial charge < -0.3 is 9.88 Å². The van der Waals surface area contributed by atoms with Crippen molar-refractivity contribution in [1.29, 1.82) is 0 Å². The maximum atomic E-state index is 12.6. The minimum atomic E-state index is -3.65. The molecule has 2 amide bonds. The third kappa shape index (κ3) is 4.14. The van der Waals surface area contributed by atoms with Crippen molar-refractivity contribution >= 4 is 61.6 Å². The third-order valence-electron chi connectivity index (χ3n) is 4.03. The lowest BCUT2D eigenvalue weighted by molar-refractivity contribution is 0.0980. The zero-order valence-corrected chi connectivity index (χ0v) is 17.1. The van der Waals surface area contributed by atoms with Gasteiger partial charge in [-0.05, 0) is 42.5 Å². The van der Waals surface area contributed by atoms with Crippen LogP contribution in [0, 0.1) is 0 Å². The molecule has 2 aromatic carbocycles. The molecule has 7 nitrogen and oxygen atoms in total. The Kier molecular flexibility index (Phi) is 5.38. The molecule has 0 unspecified atom stereocenters. The molecule has 0 saturated carbocycles. The highest BCUT2D eigenvalue weighted by atomic mass is 35.5. The van der Waals surface area contributed by atoms with Crippen molar-refractivity contribution in [3.05, 3.63) is 63.8 Å². The van der Waals surface area contributed by atoms with Crippen LogP contribution >= 0.6 is 23.2 Å². The summed E-state index contributed by atoms with van der Waals surface area (Å²) in [5, 5.41) is 4.15. The smallest absolute Gasteiger partial charge is 0.272 e. The van der Waals surface area contributed by atoms with Crippen LogP contribution in [0.2, 0.25) is 10.0 Å². The predicted octanol–water partition coefficient (Wildman–Crippen LogP) is 3.43. The second kappa shape index (κ2) is 7.46. The number of carbonyl (C=O) groups excluding carboxylic acids is 2. The van der Waals surface area contributed by atoms with Gasteiger partial charge in [-0.3, -0.25) is 9.59 Å². The first-order valence-corrected chi connectivity index (χ1v) is 10.6. The molecular weight excluding hydrogens is 425 g/mol. The zero-order valence-electron chi connectivity index (χ0n) is 14.8. The molecule has 0 aliphatic rings. The molecule has 0 aliphatic carbocycles. The Bertz CT molecular complexity index is 1200. The lowest BCUT2D eigenvalue weighted by atomic mass is 10.2. The quantitative estimate of drug-likeness (QED) is 0.650. The maximum absolute atomic E-state index is 12.6. The van der Waals surface area contributed by atoms with Crippen LogP contribution in [0.15, 0.2) is 42.5 Å². The van der Waals surface area contributed by atoms with Crippen molar-refractivity contribution < 1.29 is 18.0 Å². The largest absolute Gasteiger partial charge is 0.340 e. The Morgan fingerprint density at radius 2 is 1.64 bits per heavy atom. The molecule has 2 N–H and O–H groups in total. The Labute approximate surface area is 171 Å². The maximum Gasteiger partial charge on any atom is 0.272 e. The van der Waals surface area contributed by atoms with Crippen LogP contribution in [0.4, 0.5) is 5.69 Å². The van der Waals surface area contributed by atoms with Crippen LogP contribution in [-0.4, -0.2) is 31.1 Å². The first kappa shape index (κ1) is 20.2. The lowest BCUT2D eigenvalue weighted by Gasteiger charge is -2.08. The van der Waals surface area contributed by atoms with E-state index in [1.54, 1.807) is 29.8 Å². The Hall–Kier alpha value is -2.55. The number of rotatable bonds is 4. The molecule has 3 aromatic rings. The molecule has 28 heavy (non-hydrogen) atoms. The van der Waals surface area contributed by atoms with E-state index in [4.69, 9.17) is 23.2 Å². The van der Waals surface area contributed by atoms with Gasteiger partial charge in [0, 0.05) is 29.2 Å². The number of fused-ring (bicyclic) bond motifs is 1. The van der Waals surface area contributed by atoms with E-state index >= 15 is 0 Å². The third-order valence-corrected chi connectivity index (χ3v) is 5.40. The first-order valence-electron chi connectivity index (χ1n) is 7.94. The molecule has 0 atom stereocenters. The molecule has 0 spiro atoms. The van der Waals surface area contributed by atoms with Crippen LogP contribution in [0.1, 0.15) is 20.8 Å². The standard InChI is InChI=1S/C18H15Cl2N3O4S/c1-23-14-8-7-13(19)16(20)12(14)9-15(23)18(25)21-11-5-3-10(4-6-11)17(24)22-28(2,26)27/h3-9H,1-2H3,(H,21,25)(H,22,24). The van der Waals surface area contributed by atoms with E-state index in [2.05, 4.69) is 5.32 Å². The van der Waals surface area contributed by atoms with Crippen molar-refractivity contribution in [3.8, 4) is 0 Å². The molecule has 0 radical (unpaired) electrons. The summed E-state index contributed by atoms with van der Waals surface area (Å²) in [6.07, 6.45) is 0.892. The summed E-state index contributed by atoms with van der Waals surface area (Å²) in [5.74, 6) is -1.13. The van der Waals surface area contributed by atoms with E-state index in [9.17, 15) is 18.0 Å². The molecule has 0 fully saturated rings. The molecule has 146 valence electrons. The number of nitrogens with zero attached hydrogens (tertiary/aromatic N) is 1. The van der Waals surface area contributed by atoms with Gasteiger partial charge in [-0.25, -0.2) is 13.1 Å². The van der Waals surface area contributed by atoms with Gasteiger partial charge in [-0.2, -0.15) is 0 Å². The topological polar surface area (TPSA) is 97.3 Å². The summed E-state index contributed by atoms with van der Waals surface area (Å²) < 4.78 is 25.8. The molecule has 3 rings (SSSR count). The van der Waals surface area contributed by atoms with E-state index in [-0.39, 0.29) is 11.5 Å². The number of aryl methyl sites for hydroxylation is 1. The van der Waals surface area contributed by atoms with Crippen LogP contribution in [0.25, 0.3) is 10.9 Å². The van der Waals surface area contributed by atoms with Gasteiger partial charge in [0.15, 0.2) is 0 Å². The second-order valence-corrected chi connectivity index (χ2v) is 8.65. The van der Waals surface area contributed by atoms with Gasteiger partial charge in [-0.15, -0.1) is 0 Å². The predicted molar refractivity (Wildman–Crippen MR) is 110 cm³/mol. The average molecular weight is 440 g/mol. The molecule has 0 saturated heterocycles.